The highest BCUT2D eigenvalue weighted by Gasteiger charge is 2.05. The molecule has 0 aliphatic rings. The SMILES string of the molecule is COC(=O)COc1cc(Cl)ccc1I. The maximum absolute atomic E-state index is 10.8. The lowest BCUT2D eigenvalue weighted by Crippen LogP contribution is -2.12. The maximum Gasteiger partial charge on any atom is 0.343 e. The largest absolute Gasteiger partial charge is 0.481 e. The van der Waals surface area contributed by atoms with Gasteiger partial charge in [-0.3, -0.25) is 0 Å². The van der Waals surface area contributed by atoms with E-state index in [-0.39, 0.29) is 6.61 Å². The highest BCUT2D eigenvalue weighted by molar-refractivity contribution is 14.1. The van der Waals surface area contributed by atoms with Crippen molar-refractivity contribution >= 4 is 40.2 Å². The molecule has 76 valence electrons. The minimum atomic E-state index is -0.416. The Labute approximate surface area is 100 Å². The molecule has 0 bridgehead atoms. The molecule has 3 nitrogen and oxygen atoms in total. The maximum atomic E-state index is 10.8. The van der Waals surface area contributed by atoms with Crippen molar-refractivity contribution in [2.75, 3.05) is 13.7 Å². The highest BCUT2D eigenvalue weighted by Crippen LogP contribution is 2.24. The van der Waals surface area contributed by atoms with Crippen LogP contribution >= 0.6 is 34.2 Å². The lowest BCUT2D eigenvalue weighted by Gasteiger charge is -2.06. The third-order valence-corrected chi connectivity index (χ3v) is 2.59. The Morgan fingerprint density at radius 2 is 2.29 bits per heavy atom. The van der Waals surface area contributed by atoms with Crippen molar-refractivity contribution in [2.24, 2.45) is 0 Å². The van der Waals surface area contributed by atoms with E-state index in [1.807, 2.05) is 6.07 Å². The van der Waals surface area contributed by atoms with E-state index in [9.17, 15) is 4.79 Å². The summed E-state index contributed by atoms with van der Waals surface area (Å²) in [6.07, 6.45) is 0. The molecule has 0 saturated heterocycles. The summed E-state index contributed by atoms with van der Waals surface area (Å²) in [5.74, 6) is 0.171. The molecular weight excluding hydrogens is 318 g/mol. The van der Waals surface area contributed by atoms with Gasteiger partial charge in [-0.25, -0.2) is 4.79 Å². The molecule has 5 heteroatoms. The monoisotopic (exact) mass is 326 g/mol. The van der Waals surface area contributed by atoms with Gasteiger partial charge in [-0.2, -0.15) is 0 Å². The molecule has 0 heterocycles. The smallest absolute Gasteiger partial charge is 0.343 e. The molecule has 0 aliphatic heterocycles. The zero-order valence-corrected chi connectivity index (χ0v) is 10.3. The minimum absolute atomic E-state index is 0.104. The molecule has 1 aromatic rings. The molecule has 0 atom stereocenters. The quantitative estimate of drug-likeness (QED) is 0.632. The number of halogens is 2. The van der Waals surface area contributed by atoms with E-state index >= 15 is 0 Å². The van der Waals surface area contributed by atoms with Gasteiger partial charge >= 0.3 is 5.97 Å². The van der Waals surface area contributed by atoms with E-state index in [1.54, 1.807) is 12.1 Å². The van der Waals surface area contributed by atoms with E-state index in [4.69, 9.17) is 16.3 Å². The highest BCUT2D eigenvalue weighted by atomic mass is 127. The van der Waals surface area contributed by atoms with Crippen LogP contribution in [0.25, 0.3) is 0 Å². The third kappa shape index (κ3) is 3.34. The molecule has 1 rings (SSSR count). The fourth-order valence-corrected chi connectivity index (χ4v) is 1.44. The zero-order valence-electron chi connectivity index (χ0n) is 7.42. The number of benzene rings is 1. The molecule has 14 heavy (non-hydrogen) atoms. The summed E-state index contributed by atoms with van der Waals surface area (Å²) < 4.78 is 10.5. The van der Waals surface area contributed by atoms with Crippen molar-refractivity contribution in [3.05, 3.63) is 26.8 Å². The average Bonchev–Trinajstić information content (AvgIpc) is 2.19. The number of ether oxygens (including phenoxy) is 2. The molecule has 0 aliphatic carbocycles. The summed E-state index contributed by atoms with van der Waals surface area (Å²) in [5.41, 5.74) is 0. The van der Waals surface area contributed by atoms with E-state index in [2.05, 4.69) is 27.3 Å². The molecule has 0 radical (unpaired) electrons. The molecule has 0 fully saturated rings. The standard InChI is InChI=1S/C9H8ClIO3/c1-13-9(12)5-14-8-4-6(10)2-3-7(8)11/h2-4H,5H2,1H3. The van der Waals surface area contributed by atoms with Crippen molar-refractivity contribution in [3.63, 3.8) is 0 Å². The van der Waals surface area contributed by atoms with Crippen molar-refractivity contribution in [1.82, 2.24) is 0 Å². The fourth-order valence-electron chi connectivity index (χ4n) is 0.783. The van der Waals surface area contributed by atoms with E-state index in [0.29, 0.717) is 10.8 Å². The molecule has 1 aromatic carbocycles. The summed E-state index contributed by atoms with van der Waals surface area (Å²) in [6.45, 7) is -0.104. The molecule has 0 spiro atoms. The summed E-state index contributed by atoms with van der Waals surface area (Å²) >= 11 is 7.87. The van der Waals surface area contributed by atoms with Crippen LogP contribution in [0.15, 0.2) is 18.2 Å². The molecule has 0 unspecified atom stereocenters. The van der Waals surface area contributed by atoms with E-state index < -0.39 is 5.97 Å². The van der Waals surface area contributed by atoms with Gasteiger partial charge in [0.05, 0.1) is 10.7 Å². The first-order valence-corrected chi connectivity index (χ1v) is 5.24. The van der Waals surface area contributed by atoms with Gasteiger partial charge in [0.2, 0.25) is 0 Å². The summed E-state index contributed by atoms with van der Waals surface area (Å²) in [4.78, 5) is 10.8. The first-order valence-electron chi connectivity index (χ1n) is 3.78. The Hall–Kier alpha value is -0.490. The van der Waals surface area contributed by atoms with Gasteiger partial charge in [0.25, 0.3) is 0 Å². The topological polar surface area (TPSA) is 35.5 Å². The number of rotatable bonds is 3. The number of hydrogen-bond donors (Lipinski definition) is 0. The van der Waals surface area contributed by atoms with Crippen molar-refractivity contribution < 1.29 is 14.3 Å². The second kappa shape index (κ2) is 5.41. The minimum Gasteiger partial charge on any atom is -0.481 e. The Balaban J connectivity index is 2.66. The first kappa shape index (κ1) is 11.6. The van der Waals surface area contributed by atoms with Gasteiger partial charge in [0.15, 0.2) is 6.61 Å². The lowest BCUT2D eigenvalue weighted by molar-refractivity contribution is -0.142. The predicted octanol–water partition coefficient (Wildman–Crippen LogP) is 2.50. The number of hydrogen-bond acceptors (Lipinski definition) is 3. The van der Waals surface area contributed by atoms with Crippen LogP contribution in [0.1, 0.15) is 0 Å². The van der Waals surface area contributed by atoms with E-state index in [1.165, 1.54) is 7.11 Å². The van der Waals surface area contributed by atoms with Gasteiger partial charge in [-0.05, 0) is 40.8 Å². The molecular formula is C9H8ClIO3. The van der Waals surface area contributed by atoms with E-state index in [0.717, 1.165) is 3.57 Å². The normalized spacial score (nSPS) is 9.64. The van der Waals surface area contributed by atoms with Crippen LogP contribution in [0.3, 0.4) is 0 Å². The second-order valence-electron chi connectivity index (χ2n) is 2.44. The summed E-state index contributed by atoms with van der Waals surface area (Å²) in [7, 11) is 1.31. The number of carbonyl (C=O) groups is 1. The third-order valence-electron chi connectivity index (χ3n) is 1.47. The zero-order chi connectivity index (χ0) is 10.6. The first-order chi connectivity index (χ1) is 6.63. The average molecular weight is 327 g/mol. The van der Waals surface area contributed by atoms with Crippen LogP contribution in [-0.4, -0.2) is 19.7 Å². The van der Waals surface area contributed by atoms with Crippen molar-refractivity contribution in [1.29, 1.82) is 0 Å². The van der Waals surface area contributed by atoms with Gasteiger partial charge in [-0.15, -0.1) is 0 Å². The number of esters is 1. The fraction of sp³-hybridized carbons (Fsp3) is 0.222. The Kier molecular flexibility index (Phi) is 4.47. The second-order valence-corrected chi connectivity index (χ2v) is 4.04. The van der Waals surface area contributed by atoms with Crippen molar-refractivity contribution in [3.8, 4) is 5.75 Å². The van der Waals surface area contributed by atoms with Gasteiger partial charge < -0.3 is 9.47 Å². The van der Waals surface area contributed by atoms with Crippen LogP contribution in [-0.2, 0) is 9.53 Å². The van der Waals surface area contributed by atoms with Gasteiger partial charge in [-0.1, -0.05) is 11.6 Å². The predicted molar refractivity (Wildman–Crippen MR) is 61.7 cm³/mol. The molecule has 0 aromatic heterocycles. The van der Waals surface area contributed by atoms with Gasteiger partial charge in [0, 0.05) is 5.02 Å². The van der Waals surface area contributed by atoms with Crippen molar-refractivity contribution in [2.45, 2.75) is 0 Å². The van der Waals surface area contributed by atoms with Gasteiger partial charge in [0.1, 0.15) is 5.75 Å². The summed E-state index contributed by atoms with van der Waals surface area (Å²) in [5, 5.41) is 0.574. The van der Waals surface area contributed by atoms with Crippen LogP contribution in [0.4, 0.5) is 0 Å². The van der Waals surface area contributed by atoms with Crippen LogP contribution < -0.4 is 4.74 Å². The number of carbonyl (C=O) groups excluding carboxylic acids is 1. The summed E-state index contributed by atoms with van der Waals surface area (Å²) in [6, 6.07) is 5.23. The van der Waals surface area contributed by atoms with Crippen LogP contribution in [0.2, 0.25) is 5.02 Å². The Morgan fingerprint density at radius 3 is 2.93 bits per heavy atom. The number of methoxy groups -OCH3 is 1. The molecule has 0 amide bonds. The Bertz CT molecular complexity index is 341. The molecule has 0 saturated carbocycles. The molecule has 0 N–H and O–H groups in total. The van der Waals surface area contributed by atoms with Crippen LogP contribution in [0.5, 0.6) is 5.75 Å². The van der Waals surface area contributed by atoms with Crippen LogP contribution in [0, 0.1) is 3.57 Å². The lowest BCUT2D eigenvalue weighted by atomic mass is 10.3. The Morgan fingerprint density at radius 1 is 1.57 bits per heavy atom.